The lowest BCUT2D eigenvalue weighted by Crippen LogP contribution is -2.64. The van der Waals surface area contributed by atoms with Crippen molar-refractivity contribution >= 4 is 23.9 Å². The molecule has 10 nitrogen and oxygen atoms in total. The fraction of sp³-hybridized carbons (Fsp3) is 0.765. The third kappa shape index (κ3) is 7.22. The summed E-state index contributed by atoms with van der Waals surface area (Å²) in [6, 6.07) is 0. The van der Waals surface area contributed by atoms with Crippen LogP contribution in [0.25, 0.3) is 0 Å². The van der Waals surface area contributed by atoms with Crippen molar-refractivity contribution in [2.24, 2.45) is 5.92 Å². The van der Waals surface area contributed by atoms with Crippen LogP contribution in [0.2, 0.25) is 0 Å². The van der Waals surface area contributed by atoms with Gasteiger partial charge >= 0.3 is 23.9 Å². The van der Waals surface area contributed by atoms with E-state index in [1.165, 1.54) is 39.0 Å². The molecule has 0 bridgehead atoms. The predicted octanol–water partition coefficient (Wildman–Crippen LogP) is 5.17. The fourth-order valence-electron chi connectivity index (χ4n) is 6.97. The van der Waals surface area contributed by atoms with Crippen LogP contribution in [0.3, 0.4) is 0 Å². The van der Waals surface area contributed by atoms with Gasteiger partial charge in [-0.25, -0.2) is 9.59 Å². The molecule has 0 aromatic rings. The predicted molar refractivity (Wildman–Crippen MR) is 162 cm³/mol. The highest BCUT2D eigenvalue weighted by Crippen LogP contribution is 2.56. The summed E-state index contributed by atoms with van der Waals surface area (Å²) >= 11 is 0. The Kier molecular flexibility index (Phi) is 11.9. The van der Waals surface area contributed by atoms with Crippen LogP contribution in [0.5, 0.6) is 0 Å². The Labute approximate surface area is 261 Å². The molecule has 0 aromatic carbocycles. The van der Waals surface area contributed by atoms with Gasteiger partial charge in [0.05, 0.1) is 0 Å². The number of unbranched alkanes of at least 4 members (excludes halogenated alkanes) is 8. The number of fused-ring (bicyclic) bond motifs is 3. The molecule has 10 heteroatoms. The largest absolute Gasteiger partial charge is 0.459 e. The number of esters is 4. The van der Waals surface area contributed by atoms with Crippen LogP contribution in [-0.4, -0.2) is 69.2 Å². The molecule has 2 aliphatic carbocycles. The maximum Gasteiger partial charge on any atom is 0.341 e. The summed E-state index contributed by atoms with van der Waals surface area (Å²) in [6.07, 6.45) is 7.72. The summed E-state index contributed by atoms with van der Waals surface area (Å²) in [5, 5.41) is 23.7. The summed E-state index contributed by atoms with van der Waals surface area (Å²) < 4.78 is 23.2. The quantitative estimate of drug-likeness (QED) is 0.0877. The lowest BCUT2D eigenvalue weighted by Gasteiger charge is -2.41. The van der Waals surface area contributed by atoms with Crippen molar-refractivity contribution in [3.05, 3.63) is 22.8 Å². The Bertz CT molecular complexity index is 1150. The van der Waals surface area contributed by atoms with Gasteiger partial charge in [-0.2, -0.15) is 0 Å². The average Bonchev–Trinajstić information content (AvgIpc) is 3.34. The lowest BCUT2D eigenvalue weighted by atomic mass is 9.75. The normalized spacial score (nSPS) is 33.3. The van der Waals surface area contributed by atoms with Crippen molar-refractivity contribution in [1.29, 1.82) is 0 Å². The van der Waals surface area contributed by atoms with Crippen molar-refractivity contribution in [2.75, 3.05) is 0 Å². The number of hydrogen-bond donors (Lipinski definition) is 2. The SMILES string of the molecule is C/C=C(/C)C(=O)O[C@@H]1C[C@H]2C(=C1C)[C@@H]1OC(=O)[C@@](C)(O)[C@@]1(O)[C@@H](OC(=O)CCCCCCCCCCC)C[C@]2(C)OC(C)=O. The Morgan fingerprint density at radius 3 is 2.14 bits per heavy atom. The van der Waals surface area contributed by atoms with E-state index in [9.17, 15) is 29.4 Å². The molecule has 3 aliphatic rings. The Hall–Kier alpha value is -2.72. The minimum Gasteiger partial charge on any atom is -0.459 e. The molecule has 1 saturated carbocycles. The van der Waals surface area contributed by atoms with E-state index in [0.717, 1.165) is 26.2 Å². The molecule has 0 spiro atoms. The highest BCUT2D eigenvalue weighted by molar-refractivity contribution is 5.88. The van der Waals surface area contributed by atoms with Gasteiger partial charge in [0, 0.05) is 31.3 Å². The van der Waals surface area contributed by atoms with Gasteiger partial charge in [0.2, 0.25) is 0 Å². The number of carbonyl (C=O) groups is 4. The van der Waals surface area contributed by atoms with Gasteiger partial charge in [-0.1, -0.05) is 64.4 Å². The lowest BCUT2D eigenvalue weighted by molar-refractivity contribution is -0.210. The van der Waals surface area contributed by atoms with Crippen molar-refractivity contribution in [2.45, 2.75) is 161 Å². The molecule has 1 aliphatic heterocycles. The van der Waals surface area contributed by atoms with Crippen LogP contribution in [0.15, 0.2) is 22.8 Å². The highest BCUT2D eigenvalue weighted by atomic mass is 16.6. The summed E-state index contributed by atoms with van der Waals surface area (Å²) in [5.74, 6) is -3.45. The van der Waals surface area contributed by atoms with Crippen molar-refractivity contribution in [1.82, 2.24) is 0 Å². The zero-order chi connectivity index (χ0) is 32.9. The van der Waals surface area contributed by atoms with Crippen LogP contribution in [0.1, 0.15) is 126 Å². The van der Waals surface area contributed by atoms with E-state index in [2.05, 4.69) is 6.92 Å². The number of ether oxygens (including phenoxy) is 4. The van der Waals surface area contributed by atoms with E-state index in [1.807, 2.05) is 0 Å². The minimum absolute atomic E-state index is 0.0990. The molecule has 1 saturated heterocycles. The van der Waals surface area contributed by atoms with Gasteiger partial charge in [-0.3, -0.25) is 9.59 Å². The van der Waals surface area contributed by atoms with Gasteiger partial charge in [-0.05, 0) is 58.6 Å². The van der Waals surface area contributed by atoms with Crippen LogP contribution in [0, 0.1) is 5.92 Å². The topological polar surface area (TPSA) is 146 Å². The van der Waals surface area contributed by atoms with Gasteiger partial charge in [0.25, 0.3) is 0 Å². The molecule has 2 N–H and O–H groups in total. The van der Waals surface area contributed by atoms with Gasteiger partial charge < -0.3 is 29.2 Å². The third-order valence-corrected chi connectivity index (χ3v) is 9.81. The fourth-order valence-corrected chi connectivity index (χ4v) is 6.97. The van der Waals surface area contributed by atoms with E-state index in [4.69, 9.17) is 18.9 Å². The third-order valence-electron chi connectivity index (χ3n) is 9.81. The van der Waals surface area contributed by atoms with Crippen LogP contribution < -0.4 is 0 Å². The zero-order valence-electron chi connectivity index (χ0n) is 27.5. The van der Waals surface area contributed by atoms with Crippen LogP contribution in [-0.2, 0) is 38.1 Å². The molecule has 7 atom stereocenters. The first-order valence-electron chi connectivity index (χ1n) is 16.2. The first-order valence-corrected chi connectivity index (χ1v) is 16.2. The monoisotopic (exact) mass is 620 g/mol. The Morgan fingerprint density at radius 2 is 1.57 bits per heavy atom. The molecule has 0 radical (unpaired) electrons. The van der Waals surface area contributed by atoms with Crippen molar-refractivity contribution < 1.29 is 48.3 Å². The highest BCUT2D eigenvalue weighted by Gasteiger charge is 2.74. The smallest absolute Gasteiger partial charge is 0.341 e. The molecule has 0 amide bonds. The van der Waals surface area contributed by atoms with Crippen LogP contribution in [0.4, 0.5) is 0 Å². The van der Waals surface area contributed by atoms with E-state index >= 15 is 0 Å². The summed E-state index contributed by atoms with van der Waals surface area (Å²) in [4.78, 5) is 51.2. The Morgan fingerprint density at radius 1 is 0.977 bits per heavy atom. The molecular formula is C34H52O10. The summed E-state index contributed by atoms with van der Waals surface area (Å²) in [5.41, 5.74) is -4.90. The van der Waals surface area contributed by atoms with Gasteiger partial charge in [0.1, 0.15) is 17.8 Å². The number of hydrogen-bond acceptors (Lipinski definition) is 10. The minimum atomic E-state index is -2.45. The maximum absolute atomic E-state index is 13.1. The molecule has 0 aromatic heterocycles. The molecule has 44 heavy (non-hydrogen) atoms. The first kappa shape index (κ1) is 35.8. The van der Waals surface area contributed by atoms with Crippen LogP contribution >= 0.6 is 0 Å². The zero-order valence-corrected chi connectivity index (χ0v) is 27.5. The van der Waals surface area contributed by atoms with Crippen molar-refractivity contribution in [3.8, 4) is 0 Å². The van der Waals surface area contributed by atoms with E-state index < -0.39 is 64.9 Å². The molecule has 248 valence electrons. The van der Waals surface area contributed by atoms with E-state index in [1.54, 1.807) is 33.8 Å². The molecule has 1 heterocycles. The summed E-state index contributed by atoms with van der Waals surface area (Å²) in [6.45, 7) is 11.3. The van der Waals surface area contributed by atoms with Gasteiger partial charge in [0.15, 0.2) is 17.3 Å². The second kappa shape index (κ2) is 14.6. The first-order chi connectivity index (χ1) is 20.6. The standard InChI is InChI=1S/C34H52O10/c1-8-10-11-12-13-14-15-16-17-18-27(36)42-26-20-32(6,44-23(5)35)24-19-25(41-30(37)21(3)9-2)22(4)28(24)29-34(26,40)33(7,39)31(38)43-29/h9,24-26,29,39-40H,8,10-20H2,1-7H3/b21-9-/t24-,25+,26-,29-,32-,33+,34+/m0/s1. The second-order valence-electron chi connectivity index (χ2n) is 13.1. The number of carbonyl (C=O) groups excluding carboxylic acids is 4. The van der Waals surface area contributed by atoms with E-state index in [-0.39, 0.29) is 19.3 Å². The molecular weight excluding hydrogens is 568 g/mol. The van der Waals surface area contributed by atoms with Crippen molar-refractivity contribution in [3.63, 3.8) is 0 Å². The molecule has 0 unspecified atom stereocenters. The summed E-state index contributed by atoms with van der Waals surface area (Å²) in [7, 11) is 0. The second-order valence-corrected chi connectivity index (χ2v) is 13.1. The molecule has 2 fully saturated rings. The average molecular weight is 621 g/mol. The molecule has 3 rings (SSSR count). The Balaban J connectivity index is 1.88. The number of aliphatic hydroxyl groups is 2. The maximum atomic E-state index is 13.1. The van der Waals surface area contributed by atoms with Gasteiger partial charge in [-0.15, -0.1) is 0 Å². The number of rotatable bonds is 14. The van der Waals surface area contributed by atoms with E-state index in [0.29, 0.717) is 23.1 Å². The number of allylic oxidation sites excluding steroid dienone is 1.